The highest BCUT2D eigenvalue weighted by Crippen LogP contribution is 2.32. The Hall–Kier alpha value is -1.72. The fourth-order valence-corrected chi connectivity index (χ4v) is 3.36. The Labute approximate surface area is 124 Å². The van der Waals surface area contributed by atoms with E-state index in [9.17, 15) is 9.59 Å². The van der Waals surface area contributed by atoms with Gasteiger partial charge in [0.05, 0.1) is 6.17 Å². The molecule has 0 radical (unpaired) electrons. The van der Waals surface area contributed by atoms with Crippen LogP contribution in [0.4, 0.5) is 0 Å². The summed E-state index contributed by atoms with van der Waals surface area (Å²) in [4.78, 5) is 24.7. The molecule has 0 aromatic heterocycles. The molecule has 2 heterocycles. The van der Waals surface area contributed by atoms with Gasteiger partial charge in [0.1, 0.15) is 0 Å². The number of piperidine rings is 1. The van der Waals surface area contributed by atoms with Gasteiger partial charge in [0.2, 0.25) is 5.91 Å². The van der Waals surface area contributed by atoms with Gasteiger partial charge in [-0.1, -0.05) is 12.1 Å². The number of hydrogen-bond donors (Lipinski definition) is 3. The van der Waals surface area contributed by atoms with Crippen LogP contribution >= 0.6 is 0 Å². The van der Waals surface area contributed by atoms with Crippen molar-refractivity contribution in [2.75, 3.05) is 0 Å². The second-order valence-corrected chi connectivity index (χ2v) is 6.17. The molecule has 4 atom stereocenters. The molecule has 1 amide bonds. The fourth-order valence-electron chi connectivity index (χ4n) is 3.36. The molecule has 5 nitrogen and oxygen atoms in total. The number of ketones is 1. The minimum Gasteiger partial charge on any atom is -0.339 e. The maximum atomic E-state index is 12.9. The van der Waals surface area contributed by atoms with E-state index in [1.807, 2.05) is 39.0 Å². The summed E-state index contributed by atoms with van der Waals surface area (Å²) < 4.78 is 0. The molecule has 1 aromatic carbocycles. The van der Waals surface area contributed by atoms with E-state index in [2.05, 4.69) is 16.2 Å². The average Bonchev–Trinajstić information content (AvgIpc) is 2.81. The molecular formula is C16H21N3O2. The number of Topliss-reactive ketones (excluding diaryl/α,β-unsaturated/α-hetero) is 1. The Kier molecular flexibility index (Phi) is 3.55. The van der Waals surface area contributed by atoms with Crippen LogP contribution in [0.25, 0.3) is 0 Å². The van der Waals surface area contributed by atoms with Gasteiger partial charge in [0.25, 0.3) is 0 Å². The van der Waals surface area contributed by atoms with Crippen LogP contribution in [-0.2, 0) is 4.79 Å². The van der Waals surface area contributed by atoms with Crippen molar-refractivity contribution in [1.82, 2.24) is 16.2 Å². The lowest BCUT2D eigenvalue weighted by molar-refractivity contribution is -0.125. The molecule has 0 saturated carbocycles. The number of hydrogen-bond acceptors (Lipinski definition) is 4. The monoisotopic (exact) mass is 287 g/mol. The van der Waals surface area contributed by atoms with Gasteiger partial charge in [-0.05, 0) is 38.0 Å². The van der Waals surface area contributed by atoms with Gasteiger partial charge in [0.15, 0.2) is 5.78 Å². The smallest absolute Gasteiger partial charge is 0.222 e. The number of rotatable bonds is 2. The van der Waals surface area contributed by atoms with Gasteiger partial charge in [-0.3, -0.25) is 15.0 Å². The van der Waals surface area contributed by atoms with Crippen LogP contribution in [-0.4, -0.2) is 23.9 Å². The minimum absolute atomic E-state index is 0.0677. The summed E-state index contributed by atoms with van der Waals surface area (Å²) in [6.07, 6.45) is 0.0995. The quantitative estimate of drug-likeness (QED) is 0.711. The van der Waals surface area contributed by atoms with E-state index in [4.69, 9.17) is 0 Å². The van der Waals surface area contributed by atoms with Crippen LogP contribution in [0.5, 0.6) is 0 Å². The number of amides is 1. The van der Waals surface area contributed by atoms with Gasteiger partial charge >= 0.3 is 0 Å². The van der Waals surface area contributed by atoms with Gasteiger partial charge in [-0.15, -0.1) is 0 Å². The van der Waals surface area contributed by atoms with Crippen molar-refractivity contribution in [3.8, 4) is 0 Å². The highest BCUT2D eigenvalue weighted by Gasteiger charge is 2.46. The molecule has 1 aromatic rings. The third-order valence-electron chi connectivity index (χ3n) is 4.74. The van der Waals surface area contributed by atoms with E-state index in [1.54, 1.807) is 0 Å². The minimum atomic E-state index is -0.275. The zero-order chi connectivity index (χ0) is 15.1. The van der Waals surface area contributed by atoms with Gasteiger partial charge in [0, 0.05) is 29.9 Å². The molecule has 5 heteroatoms. The van der Waals surface area contributed by atoms with E-state index >= 15 is 0 Å². The highest BCUT2D eigenvalue weighted by molar-refractivity contribution is 6.01. The predicted molar refractivity (Wildman–Crippen MR) is 79.5 cm³/mol. The molecule has 3 rings (SSSR count). The zero-order valence-electron chi connectivity index (χ0n) is 12.6. The van der Waals surface area contributed by atoms with E-state index < -0.39 is 0 Å². The fraction of sp³-hybridized carbons (Fsp3) is 0.500. The van der Waals surface area contributed by atoms with Crippen LogP contribution in [0.1, 0.15) is 34.8 Å². The number of hydrazine groups is 1. The lowest BCUT2D eigenvalue weighted by atomic mass is 9.76. The van der Waals surface area contributed by atoms with Crippen LogP contribution in [0, 0.1) is 25.7 Å². The molecule has 2 fully saturated rings. The van der Waals surface area contributed by atoms with Crippen molar-refractivity contribution in [1.29, 1.82) is 0 Å². The summed E-state index contributed by atoms with van der Waals surface area (Å²) in [5.41, 5.74) is 9.16. The number of nitrogens with one attached hydrogen (secondary N) is 3. The number of benzene rings is 1. The van der Waals surface area contributed by atoms with Gasteiger partial charge in [-0.25, -0.2) is 5.43 Å². The van der Waals surface area contributed by atoms with Gasteiger partial charge < -0.3 is 5.32 Å². The van der Waals surface area contributed by atoms with Crippen LogP contribution in [0.15, 0.2) is 18.2 Å². The van der Waals surface area contributed by atoms with Crippen LogP contribution < -0.4 is 16.2 Å². The Morgan fingerprint density at radius 3 is 2.67 bits per heavy atom. The first-order valence-electron chi connectivity index (χ1n) is 7.39. The zero-order valence-corrected chi connectivity index (χ0v) is 12.6. The first-order valence-corrected chi connectivity index (χ1v) is 7.39. The number of carbonyl (C=O) groups is 2. The summed E-state index contributed by atoms with van der Waals surface area (Å²) in [7, 11) is 0. The SMILES string of the molecule is Cc1ccc(C(=O)C2CC(=O)NC3NNC(C)C32)cc1C. The van der Waals surface area contributed by atoms with Crippen molar-refractivity contribution in [3.63, 3.8) is 0 Å². The first-order chi connectivity index (χ1) is 9.97. The molecule has 0 bridgehead atoms. The van der Waals surface area contributed by atoms with E-state index in [0.717, 1.165) is 5.56 Å². The molecule has 2 aliphatic rings. The number of carbonyl (C=O) groups excluding carboxylic acids is 2. The summed E-state index contributed by atoms with van der Waals surface area (Å²) in [6, 6.07) is 5.92. The molecule has 2 saturated heterocycles. The average molecular weight is 287 g/mol. The lowest BCUT2D eigenvalue weighted by Gasteiger charge is -2.34. The summed E-state index contributed by atoms with van der Waals surface area (Å²) in [5.74, 6) is -0.192. The maximum Gasteiger partial charge on any atom is 0.222 e. The predicted octanol–water partition coefficient (Wildman–Crippen LogP) is 1.06. The topological polar surface area (TPSA) is 70.2 Å². The van der Waals surface area contributed by atoms with E-state index in [0.29, 0.717) is 5.56 Å². The normalized spacial score (nSPS) is 31.7. The second-order valence-electron chi connectivity index (χ2n) is 6.17. The molecule has 3 N–H and O–H groups in total. The third kappa shape index (κ3) is 2.47. The molecule has 2 aliphatic heterocycles. The van der Waals surface area contributed by atoms with Crippen molar-refractivity contribution in [2.45, 2.75) is 39.4 Å². The first kappa shape index (κ1) is 14.2. The highest BCUT2D eigenvalue weighted by atomic mass is 16.2. The third-order valence-corrected chi connectivity index (χ3v) is 4.74. The van der Waals surface area contributed by atoms with Crippen LogP contribution in [0.2, 0.25) is 0 Å². The Balaban J connectivity index is 1.91. The van der Waals surface area contributed by atoms with Crippen molar-refractivity contribution < 1.29 is 9.59 Å². The molecule has 4 unspecified atom stereocenters. The lowest BCUT2D eigenvalue weighted by Crippen LogP contribution is -2.54. The molecular weight excluding hydrogens is 266 g/mol. The number of aryl methyl sites for hydroxylation is 2. The largest absolute Gasteiger partial charge is 0.339 e. The van der Waals surface area contributed by atoms with Crippen molar-refractivity contribution >= 4 is 11.7 Å². The summed E-state index contributed by atoms with van der Waals surface area (Å²) in [5, 5.41) is 2.90. The molecule has 112 valence electrons. The van der Waals surface area contributed by atoms with Gasteiger partial charge in [-0.2, -0.15) is 0 Å². The van der Waals surface area contributed by atoms with Crippen molar-refractivity contribution in [2.24, 2.45) is 11.8 Å². The Morgan fingerprint density at radius 2 is 1.95 bits per heavy atom. The van der Waals surface area contributed by atoms with E-state index in [-0.39, 0.29) is 42.2 Å². The standard InChI is InChI=1S/C16H21N3O2/c1-8-4-5-11(6-9(8)2)15(21)12-7-13(20)17-16-14(12)10(3)18-19-16/h4-6,10,12,14,16,18-19H,7H2,1-3H3,(H,17,20). The number of fused-ring (bicyclic) bond motifs is 1. The van der Waals surface area contributed by atoms with Crippen LogP contribution in [0.3, 0.4) is 0 Å². The van der Waals surface area contributed by atoms with E-state index in [1.165, 1.54) is 5.56 Å². The Morgan fingerprint density at radius 1 is 1.19 bits per heavy atom. The maximum absolute atomic E-state index is 12.9. The van der Waals surface area contributed by atoms with Crippen molar-refractivity contribution in [3.05, 3.63) is 34.9 Å². The molecule has 21 heavy (non-hydrogen) atoms. The second kappa shape index (κ2) is 5.24. The Bertz CT molecular complexity index is 599. The molecule has 0 aliphatic carbocycles. The summed E-state index contributed by atoms with van der Waals surface area (Å²) >= 11 is 0. The molecule has 0 spiro atoms. The summed E-state index contributed by atoms with van der Waals surface area (Å²) in [6.45, 7) is 6.07.